The molecule has 12 heteroatoms. The minimum atomic E-state index is -3.17. The molecule has 0 bridgehead atoms. The van der Waals surface area contributed by atoms with E-state index in [9.17, 15) is 13.2 Å². The molecule has 0 atom stereocenters. The molecule has 4 rings (SSSR count). The fourth-order valence-electron chi connectivity index (χ4n) is 3.80. The summed E-state index contributed by atoms with van der Waals surface area (Å²) in [4.78, 5) is 14.4. The van der Waals surface area contributed by atoms with Crippen molar-refractivity contribution in [1.29, 1.82) is 0 Å². The Hall–Kier alpha value is -2.89. The van der Waals surface area contributed by atoms with Gasteiger partial charge in [-0.2, -0.15) is 4.31 Å². The van der Waals surface area contributed by atoms with Crippen molar-refractivity contribution in [2.45, 2.75) is 0 Å². The minimum absolute atomic E-state index is 0.151. The number of hydrogen-bond acceptors (Lipinski definition) is 6. The van der Waals surface area contributed by atoms with Gasteiger partial charge in [-0.1, -0.05) is 23.2 Å². The van der Waals surface area contributed by atoms with Gasteiger partial charge in [-0.25, -0.2) is 8.42 Å². The van der Waals surface area contributed by atoms with Crippen LogP contribution in [-0.2, 0) is 14.8 Å². The fourth-order valence-corrected chi connectivity index (χ4v) is 5.37. The highest BCUT2D eigenvalue weighted by Crippen LogP contribution is 2.29. The molecule has 0 saturated carbocycles. The fraction of sp³-hybridized carbons (Fsp3) is 0.200. The third kappa shape index (κ3) is 7.56. The van der Waals surface area contributed by atoms with Crippen LogP contribution in [-0.4, -0.2) is 56.2 Å². The van der Waals surface area contributed by atoms with Crippen LogP contribution in [0.15, 0.2) is 65.1 Å². The first-order chi connectivity index (χ1) is 17.6. The molecule has 2 heterocycles. The Kier molecular flexibility index (Phi) is 8.56. The summed E-state index contributed by atoms with van der Waals surface area (Å²) < 4.78 is 30.6. The van der Waals surface area contributed by atoms with Crippen molar-refractivity contribution in [3.05, 3.63) is 76.5 Å². The molecule has 194 valence electrons. The zero-order valence-corrected chi connectivity index (χ0v) is 22.9. The first-order valence-electron chi connectivity index (χ1n) is 11.2. The first-order valence-corrected chi connectivity index (χ1v) is 14.2. The van der Waals surface area contributed by atoms with E-state index in [2.05, 4.69) is 15.5 Å². The van der Waals surface area contributed by atoms with Gasteiger partial charge in [0.25, 0.3) is 0 Å². The average Bonchev–Trinajstić information content (AvgIpc) is 3.31. The Balaban J connectivity index is 1.27. The Morgan fingerprint density at radius 1 is 1.00 bits per heavy atom. The van der Waals surface area contributed by atoms with Crippen molar-refractivity contribution in [2.75, 3.05) is 42.7 Å². The number of nitrogens with one attached hydrogen (secondary N) is 2. The number of hydrogen-bond donors (Lipinski definition) is 2. The van der Waals surface area contributed by atoms with Crippen LogP contribution < -0.4 is 15.5 Å². The van der Waals surface area contributed by atoms with Crippen LogP contribution in [0.3, 0.4) is 0 Å². The number of nitrogens with zero attached hydrogens (tertiary/aromatic N) is 2. The molecule has 0 unspecified atom stereocenters. The standard InChI is InChI=1S/C25H24Cl2N4O4S2/c1-37(33,34)31-12-10-30(11-13-31)21-4-2-20(3-5-21)28-25(36)29-24(32)9-7-22-6-8-23(35-22)17-14-18(26)16-19(27)15-17/h2-9,14-16H,10-13H2,1H3,(H2,28,29,32,36)/b9-7+. The summed E-state index contributed by atoms with van der Waals surface area (Å²) in [5.41, 5.74) is 2.42. The zero-order chi connectivity index (χ0) is 26.6. The van der Waals surface area contributed by atoms with Gasteiger partial charge in [-0.15, -0.1) is 0 Å². The predicted molar refractivity (Wildman–Crippen MR) is 153 cm³/mol. The normalized spacial score (nSPS) is 14.6. The lowest BCUT2D eigenvalue weighted by atomic mass is 10.2. The van der Waals surface area contributed by atoms with E-state index in [1.165, 1.54) is 22.7 Å². The number of carbonyl (C=O) groups is 1. The molecule has 0 radical (unpaired) electrons. The predicted octanol–water partition coefficient (Wildman–Crippen LogP) is 4.86. The van der Waals surface area contributed by atoms with E-state index in [1.54, 1.807) is 30.3 Å². The van der Waals surface area contributed by atoms with Gasteiger partial charge in [0.1, 0.15) is 11.5 Å². The Bertz CT molecular complexity index is 1410. The van der Waals surface area contributed by atoms with Gasteiger partial charge >= 0.3 is 0 Å². The summed E-state index contributed by atoms with van der Waals surface area (Å²) in [7, 11) is -3.17. The summed E-state index contributed by atoms with van der Waals surface area (Å²) in [6, 6.07) is 16.1. The molecule has 1 amide bonds. The van der Waals surface area contributed by atoms with Gasteiger partial charge in [0.15, 0.2) is 5.11 Å². The van der Waals surface area contributed by atoms with Crippen molar-refractivity contribution in [1.82, 2.24) is 9.62 Å². The third-order valence-corrected chi connectivity index (χ3v) is 7.55. The second-order valence-corrected chi connectivity index (χ2v) is 11.6. The SMILES string of the molecule is CS(=O)(=O)N1CCN(c2ccc(NC(=S)NC(=O)/C=C/c3ccc(-c4cc(Cl)cc(Cl)c4)o3)cc2)CC1. The second kappa shape index (κ2) is 11.7. The van der Waals surface area contributed by atoms with Crippen LogP contribution in [0.4, 0.5) is 11.4 Å². The number of piperazine rings is 1. The maximum atomic E-state index is 12.3. The number of rotatable bonds is 6. The summed E-state index contributed by atoms with van der Waals surface area (Å²) in [5, 5.41) is 6.72. The summed E-state index contributed by atoms with van der Waals surface area (Å²) in [5.74, 6) is 0.636. The molecule has 37 heavy (non-hydrogen) atoms. The van der Waals surface area contributed by atoms with E-state index < -0.39 is 15.9 Å². The first kappa shape index (κ1) is 27.2. The highest BCUT2D eigenvalue weighted by atomic mass is 35.5. The number of amides is 1. The van der Waals surface area contributed by atoms with Gasteiger partial charge in [0, 0.05) is 59.2 Å². The Labute approximate surface area is 230 Å². The number of carbonyl (C=O) groups excluding carboxylic acids is 1. The smallest absolute Gasteiger partial charge is 0.250 e. The minimum Gasteiger partial charge on any atom is -0.457 e. The molecular formula is C25H24Cl2N4O4S2. The average molecular weight is 580 g/mol. The summed E-state index contributed by atoms with van der Waals surface area (Å²) in [6.45, 7) is 2.14. The number of furan rings is 1. The summed E-state index contributed by atoms with van der Waals surface area (Å²) >= 11 is 17.3. The van der Waals surface area contributed by atoms with Crippen LogP contribution in [0, 0.1) is 0 Å². The van der Waals surface area contributed by atoms with Crippen LogP contribution in [0.5, 0.6) is 0 Å². The maximum Gasteiger partial charge on any atom is 0.250 e. The number of halogens is 2. The van der Waals surface area contributed by atoms with Gasteiger partial charge in [0.2, 0.25) is 15.9 Å². The molecule has 0 spiro atoms. The van der Waals surface area contributed by atoms with E-state index >= 15 is 0 Å². The van der Waals surface area contributed by atoms with Crippen molar-refractivity contribution in [2.24, 2.45) is 0 Å². The van der Waals surface area contributed by atoms with E-state index in [0.29, 0.717) is 53.4 Å². The molecule has 1 aromatic heterocycles. The highest BCUT2D eigenvalue weighted by Gasteiger charge is 2.23. The number of thiocarbonyl (C=S) groups is 1. The van der Waals surface area contributed by atoms with E-state index in [0.717, 1.165) is 11.3 Å². The van der Waals surface area contributed by atoms with E-state index in [1.807, 2.05) is 24.3 Å². The number of sulfonamides is 1. The van der Waals surface area contributed by atoms with Crippen molar-refractivity contribution in [3.8, 4) is 11.3 Å². The van der Waals surface area contributed by atoms with Crippen LogP contribution in [0.1, 0.15) is 5.76 Å². The monoisotopic (exact) mass is 578 g/mol. The van der Waals surface area contributed by atoms with E-state index in [-0.39, 0.29) is 5.11 Å². The molecule has 8 nitrogen and oxygen atoms in total. The van der Waals surface area contributed by atoms with Crippen LogP contribution >= 0.6 is 35.4 Å². The highest BCUT2D eigenvalue weighted by molar-refractivity contribution is 7.88. The maximum absolute atomic E-state index is 12.3. The molecule has 0 aliphatic carbocycles. The van der Waals surface area contributed by atoms with Crippen molar-refractivity contribution in [3.63, 3.8) is 0 Å². The molecule has 1 aliphatic rings. The molecule has 3 aromatic rings. The summed E-state index contributed by atoms with van der Waals surface area (Å²) in [6.07, 6.45) is 4.08. The Morgan fingerprint density at radius 2 is 1.65 bits per heavy atom. The number of anilines is 2. The van der Waals surface area contributed by atoms with Gasteiger partial charge in [0.05, 0.1) is 6.26 Å². The van der Waals surface area contributed by atoms with Gasteiger partial charge in [-0.05, 0) is 72.9 Å². The quantitative estimate of drug-likeness (QED) is 0.318. The molecular weight excluding hydrogens is 555 g/mol. The van der Waals surface area contributed by atoms with Crippen LogP contribution in [0.2, 0.25) is 10.0 Å². The topological polar surface area (TPSA) is 94.9 Å². The lowest BCUT2D eigenvalue weighted by Crippen LogP contribution is -2.48. The van der Waals surface area contributed by atoms with E-state index in [4.69, 9.17) is 39.8 Å². The molecule has 1 saturated heterocycles. The van der Waals surface area contributed by atoms with Gasteiger partial charge in [-0.3, -0.25) is 10.1 Å². The van der Waals surface area contributed by atoms with Crippen molar-refractivity contribution < 1.29 is 17.6 Å². The lowest BCUT2D eigenvalue weighted by molar-refractivity contribution is -0.115. The largest absolute Gasteiger partial charge is 0.457 e. The third-order valence-electron chi connectivity index (χ3n) is 5.61. The lowest BCUT2D eigenvalue weighted by Gasteiger charge is -2.34. The van der Waals surface area contributed by atoms with Crippen molar-refractivity contribution >= 4 is 73.9 Å². The van der Waals surface area contributed by atoms with Crippen LogP contribution in [0.25, 0.3) is 17.4 Å². The second-order valence-electron chi connectivity index (χ2n) is 8.33. The molecule has 1 fully saturated rings. The molecule has 1 aliphatic heterocycles. The molecule has 2 N–H and O–H groups in total. The zero-order valence-electron chi connectivity index (χ0n) is 19.8. The van der Waals surface area contributed by atoms with Gasteiger partial charge < -0.3 is 14.6 Å². The Morgan fingerprint density at radius 3 is 2.27 bits per heavy atom. The number of benzene rings is 2. The molecule has 2 aromatic carbocycles.